The van der Waals surface area contributed by atoms with E-state index in [4.69, 9.17) is 4.74 Å². The molecule has 0 bridgehead atoms. The van der Waals surface area contributed by atoms with Gasteiger partial charge in [-0.3, -0.25) is 4.79 Å². The molecule has 0 aromatic rings. The number of nitrogens with one attached hydrogen (secondary N) is 2. The summed E-state index contributed by atoms with van der Waals surface area (Å²) in [6.45, 7) is 2.38. The molecule has 19 heavy (non-hydrogen) atoms. The van der Waals surface area contributed by atoms with Gasteiger partial charge in [-0.25, -0.2) is 0 Å². The number of carbonyl (C=O) groups is 1. The second kappa shape index (κ2) is 9.11. The van der Waals surface area contributed by atoms with Crippen molar-refractivity contribution in [3.8, 4) is 0 Å². The Morgan fingerprint density at radius 1 is 1.32 bits per heavy atom. The molecule has 114 valence electrons. The number of nitrogens with zero attached hydrogens (tertiary/aromatic N) is 1. The van der Waals surface area contributed by atoms with Crippen LogP contribution < -0.4 is 10.6 Å². The molecule has 2 N–H and O–H groups in total. The molecule has 1 unspecified atom stereocenters. The standard InChI is InChI=1S/C11H22F3N3O2/c1-9(10(18)16-8-11(12,13)14)15-4-6-19-7-5-17(2)3/h9,15H,4-8H2,1-3H3,(H,16,18). The van der Waals surface area contributed by atoms with Gasteiger partial charge in [0.15, 0.2) is 0 Å². The average Bonchev–Trinajstić information content (AvgIpc) is 2.28. The van der Waals surface area contributed by atoms with Gasteiger partial charge in [0.2, 0.25) is 5.91 Å². The molecule has 1 atom stereocenters. The first-order valence-corrected chi connectivity index (χ1v) is 6.02. The molecule has 1 amide bonds. The molecule has 0 spiro atoms. The summed E-state index contributed by atoms with van der Waals surface area (Å²) in [6, 6.07) is -0.681. The lowest BCUT2D eigenvalue weighted by Gasteiger charge is -2.15. The van der Waals surface area contributed by atoms with Crippen LogP contribution >= 0.6 is 0 Å². The van der Waals surface area contributed by atoms with Crippen LogP contribution in [0.1, 0.15) is 6.92 Å². The molecular weight excluding hydrogens is 263 g/mol. The van der Waals surface area contributed by atoms with Crippen molar-refractivity contribution in [2.24, 2.45) is 0 Å². The van der Waals surface area contributed by atoms with Crippen LogP contribution in [0.5, 0.6) is 0 Å². The minimum Gasteiger partial charge on any atom is -0.379 e. The molecule has 8 heteroatoms. The zero-order valence-corrected chi connectivity index (χ0v) is 11.5. The van der Waals surface area contributed by atoms with E-state index in [1.807, 2.05) is 24.3 Å². The van der Waals surface area contributed by atoms with Crippen molar-refractivity contribution in [3.63, 3.8) is 0 Å². The van der Waals surface area contributed by atoms with Crippen LogP contribution in [0.4, 0.5) is 13.2 Å². The molecule has 0 rings (SSSR count). The van der Waals surface area contributed by atoms with Gasteiger partial charge in [0, 0.05) is 13.1 Å². The summed E-state index contributed by atoms with van der Waals surface area (Å²) in [5.74, 6) is -0.675. The fraction of sp³-hybridized carbons (Fsp3) is 0.909. The number of hydrogen-bond donors (Lipinski definition) is 2. The zero-order valence-electron chi connectivity index (χ0n) is 11.5. The summed E-state index contributed by atoms with van der Waals surface area (Å²) in [5, 5.41) is 4.60. The molecule has 5 nitrogen and oxygen atoms in total. The van der Waals surface area contributed by atoms with Crippen LogP contribution in [0.15, 0.2) is 0 Å². The summed E-state index contributed by atoms with van der Waals surface area (Å²) in [5.41, 5.74) is 0. The molecule has 0 aliphatic rings. The summed E-state index contributed by atoms with van der Waals surface area (Å²) in [4.78, 5) is 13.3. The van der Waals surface area contributed by atoms with Gasteiger partial charge >= 0.3 is 6.18 Å². The highest BCUT2D eigenvalue weighted by Gasteiger charge is 2.28. The van der Waals surface area contributed by atoms with Gasteiger partial charge in [-0.1, -0.05) is 0 Å². The summed E-state index contributed by atoms with van der Waals surface area (Å²) < 4.78 is 40.9. The fourth-order valence-corrected chi connectivity index (χ4v) is 1.13. The van der Waals surface area contributed by atoms with E-state index in [1.54, 1.807) is 0 Å². The minimum atomic E-state index is -4.38. The third kappa shape index (κ3) is 11.9. The predicted octanol–water partition coefficient (Wildman–Crippen LogP) is 0.221. The highest BCUT2D eigenvalue weighted by atomic mass is 19.4. The van der Waals surface area contributed by atoms with Crippen LogP contribution in [0.2, 0.25) is 0 Å². The number of rotatable bonds is 9. The molecule has 0 fully saturated rings. The first kappa shape index (κ1) is 18.1. The van der Waals surface area contributed by atoms with E-state index in [9.17, 15) is 18.0 Å². The molecule has 0 heterocycles. The monoisotopic (exact) mass is 285 g/mol. The fourth-order valence-electron chi connectivity index (χ4n) is 1.13. The van der Waals surface area contributed by atoms with E-state index >= 15 is 0 Å². The van der Waals surface area contributed by atoms with Crippen LogP contribution in [-0.2, 0) is 9.53 Å². The van der Waals surface area contributed by atoms with Gasteiger partial charge in [-0.05, 0) is 21.0 Å². The number of carbonyl (C=O) groups excluding carboxylic acids is 1. The van der Waals surface area contributed by atoms with Crippen LogP contribution in [0, 0.1) is 0 Å². The Kier molecular flexibility index (Phi) is 8.70. The SMILES string of the molecule is CC(NCCOCCN(C)C)C(=O)NCC(F)(F)F. The minimum absolute atomic E-state index is 0.407. The molecule has 0 radical (unpaired) electrons. The molecular formula is C11H22F3N3O2. The quantitative estimate of drug-likeness (QED) is 0.595. The topological polar surface area (TPSA) is 53.6 Å². The van der Waals surface area contributed by atoms with Crippen LogP contribution in [0.3, 0.4) is 0 Å². The van der Waals surface area contributed by atoms with Crippen molar-refractivity contribution in [1.29, 1.82) is 0 Å². The highest BCUT2D eigenvalue weighted by Crippen LogP contribution is 2.12. The van der Waals surface area contributed by atoms with Crippen molar-refractivity contribution >= 4 is 5.91 Å². The Hall–Kier alpha value is -0.860. The molecule has 0 aliphatic heterocycles. The molecule has 0 aliphatic carbocycles. The lowest BCUT2D eigenvalue weighted by molar-refractivity contribution is -0.139. The smallest absolute Gasteiger partial charge is 0.379 e. The van der Waals surface area contributed by atoms with Crippen LogP contribution in [0.25, 0.3) is 0 Å². The van der Waals surface area contributed by atoms with E-state index < -0.39 is 24.7 Å². The lowest BCUT2D eigenvalue weighted by Crippen LogP contribution is -2.46. The van der Waals surface area contributed by atoms with Gasteiger partial charge < -0.3 is 20.3 Å². The predicted molar refractivity (Wildman–Crippen MR) is 65.9 cm³/mol. The van der Waals surface area contributed by atoms with Crippen LogP contribution in [-0.4, -0.2) is 70.0 Å². The molecule has 0 saturated carbocycles. The van der Waals surface area contributed by atoms with E-state index in [0.717, 1.165) is 6.54 Å². The van der Waals surface area contributed by atoms with Crippen molar-refractivity contribution in [1.82, 2.24) is 15.5 Å². The number of ether oxygens (including phenoxy) is 1. The van der Waals surface area contributed by atoms with Gasteiger partial charge in [-0.2, -0.15) is 13.2 Å². The van der Waals surface area contributed by atoms with Crippen molar-refractivity contribution < 1.29 is 22.7 Å². The first-order chi connectivity index (χ1) is 8.72. The van der Waals surface area contributed by atoms with Gasteiger partial charge in [0.1, 0.15) is 6.54 Å². The third-order valence-corrected chi connectivity index (χ3v) is 2.24. The Labute approximate surface area is 111 Å². The normalized spacial score (nSPS) is 13.6. The number of amides is 1. The Morgan fingerprint density at radius 2 is 1.95 bits per heavy atom. The maximum absolute atomic E-state index is 11.9. The van der Waals surface area contributed by atoms with Gasteiger partial charge in [0.25, 0.3) is 0 Å². The molecule has 0 saturated heterocycles. The average molecular weight is 285 g/mol. The number of hydrogen-bond acceptors (Lipinski definition) is 4. The van der Waals surface area contributed by atoms with E-state index in [-0.39, 0.29) is 0 Å². The summed E-state index contributed by atoms with van der Waals surface area (Å²) in [7, 11) is 3.85. The van der Waals surface area contributed by atoms with Crippen molar-refractivity contribution in [2.45, 2.75) is 19.1 Å². The summed E-state index contributed by atoms with van der Waals surface area (Å²) >= 11 is 0. The van der Waals surface area contributed by atoms with E-state index in [1.165, 1.54) is 6.92 Å². The maximum atomic E-state index is 11.9. The lowest BCUT2D eigenvalue weighted by atomic mass is 10.3. The number of alkyl halides is 3. The number of likely N-dealkylation sites (N-methyl/N-ethyl adjacent to an activating group) is 1. The first-order valence-electron chi connectivity index (χ1n) is 6.02. The van der Waals surface area contributed by atoms with Gasteiger partial charge in [-0.15, -0.1) is 0 Å². The highest BCUT2D eigenvalue weighted by molar-refractivity contribution is 5.81. The second-order valence-electron chi connectivity index (χ2n) is 4.42. The Balaban J connectivity index is 3.57. The van der Waals surface area contributed by atoms with E-state index in [0.29, 0.717) is 19.8 Å². The Morgan fingerprint density at radius 3 is 2.47 bits per heavy atom. The van der Waals surface area contributed by atoms with Crippen molar-refractivity contribution in [3.05, 3.63) is 0 Å². The summed E-state index contributed by atoms with van der Waals surface area (Å²) in [6.07, 6.45) is -4.38. The second-order valence-corrected chi connectivity index (χ2v) is 4.42. The Bertz CT molecular complexity index is 260. The maximum Gasteiger partial charge on any atom is 0.405 e. The molecule has 0 aromatic carbocycles. The largest absolute Gasteiger partial charge is 0.405 e. The number of halogens is 3. The third-order valence-electron chi connectivity index (χ3n) is 2.24. The zero-order chi connectivity index (χ0) is 14.9. The van der Waals surface area contributed by atoms with Crippen molar-refractivity contribution in [2.75, 3.05) is 46.9 Å². The van der Waals surface area contributed by atoms with E-state index in [2.05, 4.69) is 5.32 Å². The molecule has 0 aromatic heterocycles. The van der Waals surface area contributed by atoms with Gasteiger partial charge in [0.05, 0.1) is 19.3 Å².